The lowest BCUT2D eigenvalue weighted by atomic mass is 10.1. The molecule has 0 aliphatic heterocycles. The molecule has 0 spiro atoms. The second-order valence-electron chi connectivity index (χ2n) is 4.60. The van der Waals surface area contributed by atoms with E-state index in [2.05, 4.69) is 22.6 Å². The van der Waals surface area contributed by atoms with Gasteiger partial charge in [0.1, 0.15) is 6.04 Å². The number of hydrogen-bond donors (Lipinski definition) is 2. The van der Waals surface area contributed by atoms with Crippen LogP contribution in [-0.2, 0) is 11.2 Å². The van der Waals surface area contributed by atoms with E-state index in [1.165, 1.54) is 16.4 Å². The fourth-order valence-electron chi connectivity index (χ4n) is 1.75. The van der Waals surface area contributed by atoms with Crippen molar-refractivity contribution >= 4 is 17.6 Å². The van der Waals surface area contributed by atoms with Gasteiger partial charge in [-0.05, 0) is 31.0 Å². The zero-order valence-electron chi connectivity index (χ0n) is 11.8. The monoisotopic (exact) mass is 288 g/mol. The molecule has 1 aromatic carbocycles. The molecule has 7 nitrogen and oxygen atoms in total. The van der Waals surface area contributed by atoms with Gasteiger partial charge in [0.15, 0.2) is 5.69 Å². The number of nitrogens with zero attached hydrogens (tertiary/aromatic N) is 3. The lowest BCUT2D eigenvalue weighted by Crippen LogP contribution is -2.24. The van der Waals surface area contributed by atoms with Crippen LogP contribution in [0.4, 0.5) is 5.69 Å². The first-order chi connectivity index (χ1) is 10.0. The normalized spacial score (nSPS) is 11.9. The molecule has 2 aromatic rings. The highest BCUT2D eigenvalue weighted by molar-refractivity contribution is 5.93. The van der Waals surface area contributed by atoms with Crippen molar-refractivity contribution in [3.63, 3.8) is 0 Å². The summed E-state index contributed by atoms with van der Waals surface area (Å²) >= 11 is 0. The van der Waals surface area contributed by atoms with E-state index in [4.69, 9.17) is 5.11 Å². The molecule has 0 aliphatic rings. The van der Waals surface area contributed by atoms with Gasteiger partial charge in [0, 0.05) is 5.69 Å². The van der Waals surface area contributed by atoms with Crippen LogP contribution < -0.4 is 5.32 Å². The highest BCUT2D eigenvalue weighted by atomic mass is 16.4. The molecule has 21 heavy (non-hydrogen) atoms. The van der Waals surface area contributed by atoms with Gasteiger partial charge in [0.05, 0.1) is 6.20 Å². The van der Waals surface area contributed by atoms with Crippen LogP contribution in [0.1, 0.15) is 35.9 Å². The lowest BCUT2D eigenvalue weighted by Gasteiger charge is -2.12. The van der Waals surface area contributed by atoms with Gasteiger partial charge >= 0.3 is 5.97 Å². The van der Waals surface area contributed by atoms with Gasteiger partial charge < -0.3 is 10.4 Å². The molecule has 1 atom stereocenters. The Labute approximate surface area is 121 Å². The van der Waals surface area contributed by atoms with Crippen LogP contribution >= 0.6 is 0 Å². The summed E-state index contributed by atoms with van der Waals surface area (Å²) in [6, 6.07) is 6.88. The maximum absolute atomic E-state index is 12.1. The summed E-state index contributed by atoms with van der Waals surface area (Å²) in [6.45, 7) is 3.68. The molecular weight excluding hydrogens is 272 g/mol. The number of carboxylic acids is 1. The highest BCUT2D eigenvalue weighted by Crippen LogP contribution is 2.13. The summed E-state index contributed by atoms with van der Waals surface area (Å²) in [5.74, 6) is -1.47. The van der Waals surface area contributed by atoms with Crippen LogP contribution in [0.5, 0.6) is 0 Å². The molecule has 2 N–H and O–H groups in total. The molecule has 110 valence electrons. The standard InChI is InChI=1S/C14H16N4O3/c1-3-10-4-6-11(7-5-10)15-13(19)9(2)18-8-12(14(20)21)16-17-18/h4-9H,3H2,1-2H3,(H,15,19)(H,20,21). The van der Waals surface area contributed by atoms with Crippen molar-refractivity contribution in [2.75, 3.05) is 5.32 Å². The number of hydrogen-bond acceptors (Lipinski definition) is 4. The van der Waals surface area contributed by atoms with Crippen molar-refractivity contribution in [1.82, 2.24) is 15.0 Å². The summed E-state index contributed by atoms with van der Waals surface area (Å²) in [5.41, 5.74) is 1.67. The van der Waals surface area contributed by atoms with E-state index in [-0.39, 0.29) is 11.6 Å². The van der Waals surface area contributed by atoms with Crippen molar-refractivity contribution in [3.8, 4) is 0 Å². The fraction of sp³-hybridized carbons (Fsp3) is 0.286. The minimum Gasteiger partial charge on any atom is -0.476 e. The zero-order chi connectivity index (χ0) is 15.4. The molecule has 7 heteroatoms. The lowest BCUT2D eigenvalue weighted by molar-refractivity contribution is -0.119. The third kappa shape index (κ3) is 3.44. The Morgan fingerprint density at radius 2 is 2.00 bits per heavy atom. The van der Waals surface area contributed by atoms with E-state index in [0.29, 0.717) is 5.69 Å². The largest absolute Gasteiger partial charge is 0.476 e. The molecule has 1 amide bonds. The number of anilines is 1. The minimum absolute atomic E-state index is 0.193. The Balaban J connectivity index is 2.05. The molecule has 0 fully saturated rings. The summed E-state index contributed by atoms with van der Waals surface area (Å²) in [5, 5.41) is 18.7. The maximum Gasteiger partial charge on any atom is 0.358 e. The van der Waals surface area contributed by atoms with Gasteiger partial charge in [-0.15, -0.1) is 5.10 Å². The van der Waals surface area contributed by atoms with E-state index in [0.717, 1.165) is 6.42 Å². The van der Waals surface area contributed by atoms with Gasteiger partial charge in [-0.25, -0.2) is 9.48 Å². The summed E-state index contributed by atoms with van der Waals surface area (Å²) in [4.78, 5) is 22.8. The number of aryl methyl sites for hydroxylation is 1. The predicted molar refractivity (Wildman–Crippen MR) is 76.1 cm³/mol. The summed E-state index contributed by atoms with van der Waals surface area (Å²) in [6.07, 6.45) is 2.16. The average molecular weight is 288 g/mol. The third-order valence-corrected chi connectivity index (χ3v) is 3.14. The van der Waals surface area contributed by atoms with Crippen molar-refractivity contribution in [1.29, 1.82) is 0 Å². The first-order valence-electron chi connectivity index (χ1n) is 6.56. The number of carbonyl (C=O) groups excluding carboxylic acids is 1. The second kappa shape index (κ2) is 6.17. The van der Waals surface area contributed by atoms with Crippen LogP contribution in [0, 0.1) is 0 Å². The molecular formula is C14H16N4O3. The molecule has 1 unspecified atom stereocenters. The van der Waals surface area contributed by atoms with E-state index in [1.807, 2.05) is 24.3 Å². The van der Waals surface area contributed by atoms with Crippen LogP contribution in [0.3, 0.4) is 0 Å². The Morgan fingerprint density at radius 3 is 2.52 bits per heavy atom. The summed E-state index contributed by atoms with van der Waals surface area (Å²) in [7, 11) is 0. The zero-order valence-corrected chi connectivity index (χ0v) is 11.8. The van der Waals surface area contributed by atoms with Crippen molar-refractivity contribution < 1.29 is 14.7 Å². The number of carboxylic acid groups (broad SMARTS) is 1. The minimum atomic E-state index is -1.18. The molecule has 1 heterocycles. The molecule has 0 saturated carbocycles. The average Bonchev–Trinajstić information content (AvgIpc) is 2.97. The molecule has 0 saturated heterocycles. The quantitative estimate of drug-likeness (QED) is 0.873. The van der Waals surface area contributed by atoms with Gasteiger partial charge in [-0.3, -0.25) is 4.79 Å². The molecule has 1 aromatic heterocycles. The number of carbonyl (C=O) groups is 2. The molecule has 0 bridgehead atoms. The van der Waals surface area contributed by atoms with Crippen LogP contribution in [-0.4, -0.2) is 32.0 Å². The summed E-state index contributed by atoms with van der Waals surface area (Å²) < 4.78 is 1.22. The van der Waals surface area contributed by atoms with Crippen molar-refractivity contribution in [2.24, 2.45) is 0 Å². The fourth-order valence-corrected chi connectivity index (χ4v) is 1.75. The van der Waals surface area contributed by atoms with Gasteiger partial charge in [0.25, 0.3) is 0 Å². The van der Waals surface area contributed by atoms with Crippen molar-refractivity contribution in [2.45, 2.75) is 26.3 Å². The number of nitrogens with one attached hydrogen (secondary N) is 1. The van der Waals surface area contributed by atoms with E-state index in [1.54, 1.807) is 6.92 Å². The number of rotatable bonds is 5. The van der Waals surface area contributed by atoms with E-state index in [9.17, 15) is 9.59 Å². The first kappa shape index (κ1) is 14.7. The van der Waals surface area contributed by atoms with Crippen LogP contribution in [0.25, 0.3) is 0 Å². The van der Waals surface area contributed by atoms with Crippen LogP contribution in [0.15, 0.2) is 30.5 Å². The Morgan fingerprint density at radius 1 is 1.33 bits per heavy atom. The predicted octanol–water partition coefficient (Wildman–Crippen LogP) is 1.74. The molecule has 0 aliphatic carbocycles. The topological polar surface area (TPSA) is 97.1 Å². The second-order valence-corrected chi connectivity index (χ2v) is 4.60. The highest BCUT2D eigenvalue weighted by Gasteiger charge is 2.18. The SMILES string of the molecule is CCc1ccc(NC(=O)C(C)n2cc(C(=O)O)nn2)cc1. The Kier molecular flexibility index (Phi) is 4.32. The number of aromatic nitrogens is 3. The molecule has 0 radical (unpaired) electrons. The molecule has 2 rings (SSSR count). The smallest absolute Gasteiger partial charge is 0.358 e. The first-order valence-corrected chi connectivity index (χ1v) is 6.56. The van der Waals surface area contributed by atoms with E-state index >= 15 is 0 Å². The van der Waals surface area contributed by atoms with E-state index < -0.39 is 12.0 Å². The third-order valence-electron chi connectivity index (χ3n) is 3.14. The van der Waals surface area contributed by atoms with Gasteiger partial charge in [0.2, 0.25) is 5.91 Å². The maximum atomic E-state index is 12.1. The van der Waals surface area contributed by atoms with Crippen LogP contribution in [0.2, 0.25) is 0 Å². The number of amides is 1. The van der Waals surface area contributed by atoms with Gasteiger partial charge in [-0.1, -0.05) is 24.3 Å². The number of aromatic carboxylic acids is 1. The Bertz CT molecular complexity index is 648. The van der Waals surface area contributed by atoms with Gasteiger partial charge in [-0.2, -0.15) is 0 Å². The number of benzene rings is 1. The van der Waals surface area contributed by atoms with Crippen molar-refractivity contribution in [3.05, 3.63) is 41.7 Å². The Hall–Kier alpha value is -2.70.